The van der Waals surface area contributed by atoms with Crippen LogP contribution in [0, 0.1) is 17.8 Å². The number of carboxylic acid groups (broad SMARTS) is 1. The Labute approximate surface area is 102 Å². The topological polar surface area (TPSA) is 63.6 Å². The predicted molar refractivity (Wildman–Crippen MR) is 63.5 cm³/mol. The Morgan fingerprint density at radius 1 is 1.35 bits per heavy atom. The first-order valence-corrected chi connectivity index (χ1v) is 6.47. The molecule has 1 aliphatic carbocycles. The minimum absolute atomic E-state index is 0.110. The van der Waals surface area contributed by atoms with Crippen molar-refractivity contribution < 1.29 is 19.4 Å². The molecule has 4 nitrogen and oxygen atoms in total. The van der Waals surface area contributed by atoms with Gasteiger partial charge < -0.3 is 9.84 Å². The van der Waals surface area contributed by atoms with Crippen molar-refractivity contribution in [2.75, 3.05) is 6.61 Å². The van der Waals surface area contributed by atoms with Gasteiger partial charge in [0.25, 0.3) is 0 Å². The number of carboxylic acids is 1. The first-order chi connectivity index (χ1) is 8.07. The second-order valence-corrected chi connectivity index (χ2v) is 4.90. The molecule has 1 rings (SSSR count). The summed E-state index contributed by atoms with van der Waals surface area (Å²) in [5.41, 5.74) is 0. The molecule has 0 bridgehead atoms. The summed E-state index contributed by atoms with van der Waals surface area (Å²) in [4.78, 5) is 23.0. The predicted octanol–water partition coefficient (Wildman–Crippen LogP) is 2.47. The summed E-state index contributed by atoms with van der Waals surface area (Å²) in [5, 5.41) is 9.14. The first kappa shape index (κ1) is 14.0. The van der Waals surface area contributed by atoms with Crippen molar-refractivity contribution in [3.05, 3.63) is 0 Å². The largest absolute Gasteiger partial charge is 0.481 e. The summed E-state index contributed by atoms with van der Waals surface area (Å²) < 4.78 is 5.17. The third-order valence-electron chi connectivity index (χ3n) is 3.55. The molecule has 3 unspecified atom stereocenters. The molecule has 1 aliphatic rings. The average Bonchev–Trinajstić information content (AvgIpc) is 2.28. The lowest BCUT2D eigenvalue weighted by Gasteiger charge is -2.32. The maximum Gasteiger partial charge on any atom is 0.310 e. The maximum atomic E-state index is 11.9. The lowest BCUT2D eigenvalue weighted by Crippen LogP contribution is -2.38. The zero-order valence-corrected chi connectivity index (χ0v) is 10.6. The molecule has 0 amide bonds. The lowest BCUT2D eigenvalue weighted by atomic mass is 9.73. The van der Waals surface area contributed by atoms with Gasteiger partial charge in [0.05, 0.1) is 18.4 Å². The average molecular weight is 242 g/mol. The van der Waals surface area contributed by atoms with E-state index in [9.17, 15) is 9.59 Å². The van der Waals surface area contributed by atoms with Gasteiger partial charge in [-0.3, -0.25) is 9.59 Å². The number of carbonyl (C=O) groups excluding carboxylic acids is 1. The zero-order valence-electron chi connectivity index (χ0n) is 10.6. The van der Waals surface area contributed by atoms with Crippen molar-refractivity contribution in [1.82, 2.24) is 0 Å². The van der Waals surface area contributed by atoms with Crippen LogP contribution in [-0.2, 0) is 14.3 Å². The van der Waals surface area contributed by atoms with Gasteiger partial charge in [-0.25, -0.2) is 0 Å². The molecule has 3 atom stereocenters. The van der Waals surface area contributed by atoms with Crippen molar-refractivity contribution in [3.63, 3.8) is 0 Å². The van der Waals surface area contributed by atoms with E-state index >= 15 is 0 Å². The normalized spacial score (nSPS) is 28.7. The lowest BCUT2D eigenvalue weighted by molar-refractivity contribution is -0.162. The molecular weight excluding hydrogens is 220 g/mol. The summed E-state index contributed by atoms with van der Waals surface area (Å²) in [5.74, 6) is -2.10. The smallest absolute Gasteiger partial charge is 0.310 e. The minimum atomic E-state index is -0.867. The quantitative estimate of drug-likeness (QED) is 0.594. The Hall–Kier alpha value is -1.06. The Morgan fingerprint density at radius 2 is 2.06 bits per heavy atom. The van der Waals surface area contributed by atoms with Gasteiger partial charge in [-0.05, 0) is 25.2 Å². The molecule has 0 spiro atoms. The van der Waals surface area contributed by atoms with Crippen molar-refractivity contribution in [1.29, 1.82) is 0 Å². The number of hydrogen-bond acceptors (Lipinski definition) is 3. The van der Waals surface area contributed by atoms with E-state index in [2.05, 4.69) is 0 Å². The third kappa shape index (κ3) is 3.72. The van der Waals surface area contributed by atoms with Crippen LogP contribution in [0.1, 0.15) is 46.0 Å². The Morgan fingerprint density at radius 3 is 2.65 bits per heavy atom. The first-order valence-electron chi connectivity index (χ1n) is 6.47. The molecule has 0 heterocycles. The van der Waals surface area contributed by atoms with Gasteiger partial charge in [0.15, 0.2) is 0 Å². The second kappa shape index (κ2) is 6.62. The zero-order chi connectivity index (χ0) is 12.8. The van der Waals surface area contributed by atoms with E-state index in [0.29, 0.717) is 13.0 Å². The minimum Gasteiger partial charge on any atom is -0.481 e. The number of aliphatic carboxylic acids is 1. The summed E-state index contributed by atoms with van der Waals surface area (Å²) in [6.45, 7) is 4.38. The molecule has 0 aliphatic heterocycles. The fraction of sp³-hybridized carbons (Fsp3) is 0.846. The summed E-state index contributed by atoms with van der Waals surface area (Å²) in [6.07, 6.45) is 4.20. The fourth-order valence-corrected chi connectivity index (χ4v) is 2.50. The van der Waals surface area contributed by atoms with Crippen LogP contribution in [-0.4, -0.2) is 23.7 Å². The standard InChI is InChI=1S/C13H22O4/c1-3-4-8-17-13(16)11-9(2)6-5-7-10(11)12(14)15/h9-11H,3-8H2,1-2H3,(H,14,15). The highest BCUT2D eigenvalue weighted by Crippen LogP contribution is 2.35. The summed E-state index contributed by atoms with van der Waals surface area (Å²) >= 11 is 0. The highest BCUT2D eigenvalue weighted by molar-refractivity contribution is 5.81. The van der Waals surface area contributed by atoms with Crippen LogP contribution < -0.4 is 0 Å². The molecule has 0 saturated heterocycles. The fourth-order valence-electron chi connectivity index (χ4n) is 2.50. The van der Waals surface area contributed by atoms with Gasteiger partial charge >= 0.3 is 11.9 Å². The van der Waals surface area contributed by atoms with Gasteiger partial charge in [0.1, 0.15) is 0 Å². The van der Waals surface area contributed by atoms with Crippen molar-refractivity contribution in [3.8, 4) is 0 Å². The molecular formula is C13H22O4. The summed E-state index contributed by atoms with van der Waals surface area (Å²) in [7, 11) is 0. The van der Waals surface area contributed by atoms with Crippen molar-refractivity contribution >= 4 is 11.9 Å². The van der Waals surface area contributed by atoms with E-state index in [-0.39, 0.29) is 11.9 Å². The monoisotopic (exact) mass is 242 g/mol. The van der Waals surface area contributed by atoms with Gasteiger partial charge in [-0.15, -0.1) is 0 Å². The van der Waals surface area contributed by atoms with E-state index in [1.807, 2.05) is 13.8 Å². The van der Waals surface area contributed by atoms with E-state index < -0.39 is 17.8 Å². The molecule has 1 fully saturated rings. The number of carbonyl (C=O) groups is 2. The van der Waals surface area contributed by atoms with E-state index in [1.165, 1.54) is 0 Å². The molecule has 1 saturated carbocycles. The van der Waals surface area contributed by atoms with E-state index in [4.69, 9.17) is 9.84 Å². The Balaban J connectivity index is 2.61. The number of esters is 1. The van der Waals surface area contributed by atoms with E-state index in [0.717, 1.165) is 25.7 Å². The van der Waals surface area contributed by atoms with Gasteiger partial charge in [-0.2, -0.15) is 0 Å². The molecule has 98 valence electrons. The van der Waals surface area contributed by atoms with Crippen LogP contribution >= 0.6 is 0 Å². The number of rotatable bonds is 5. The molecule has 0 aromatic carbocycles. The van der Waals surface area contributed by atoms with E-state index in [1.54, 1.807) is 0 Å². The van der Waals surface area contributed by atoms with Crippen LogP contribution in [0.15, 0.2) is 0 Å². The van der Waals surface area contributed by atoms with Crippen LogP contribution in [0.25, 0.3) is 0 Å². The highest BCUT2D eigenvalue weighted by Gasteiger charge is 2.41. The summed E-state index contributed by atoms with van der Waals surface area (Å²) in [6, 6.07) is 0. The van der Waals surface area contributed by atoms with Crippen LogP contribution in [0.5, 0.6) is 0 Å². The molecule has 0 radical (unpaired) electrons. The van der Waals surface area contributed by atoms with Crippen LogP contribution in [0.2, 0.25) is 0 Å². The van der Waals surface area contributed by atoms with Gasteiger partial charge in [0.2, 0.25) is 0 Å². The molecule has 0 aromatic heterocycles. The molecule has 17 heavy (non-hydrogen) atoms. The van der Waals surface area contributed by atoms with Crippen LogP contribution in [0.3, 0.4) is 0 Å². The molecule has 1 N–H and O–H groups in total. The molecule has 4 heteroatoms. The molecule has 0 aromatic rings. The van der Waals surface area contributed by atoms with Gasteiger partial charge in [0, 0.05) is 0 Å². The third-order valence-corrected chi connectivity index (χ3v) is 3.55. The number of ether oxygens (including phenoxy) is 1. The number of unbranched alkanes of at least 4 members (excludes halogenated alkanes) is 1. The number of hydrogen-bond donors (Lipinski definition) is 1. The Bertz CT molecular complexity index is 275. The maximum absolute atomic E-state index is 11.9. The van der Waals surface area contributed by atoms with Crippen LogP contribution in [0.4, 0.5) is 0 Å². The second-order valence-electron chi connectivity index (χ2n) is 4.90. The Kier molecular flexibility index (Phi) is 5.45. The highest BCUT2D eigenvalue weighted by atomic mass is 16.5. The van der Waals surface area contributed by atoms with Crippen molar-refractivity contribution in [2.45, 2.75) is 46.0 Å². The SMILES string of the molecule is CCCCOC(=O)C1C(C)CCCC1C(=O)O. The van der Waals surface area contributed by atoms with Gasteiger partial charge in [-0.1, -0.05) is 26.7 Å². The van der Waals surface area contributed by atoms with Crippen molar-refractivity contribution in [2.24, 2.45) is 17.8 Å².